The lowest BCUT2D eigenvalue weighted by Crippen LogP contribution is -2.53. The van der Waals surface area contributed by atoms with E-state index in [1.807, 2.05) is 6.07 Å². The fraction of sp³-hybridized carbons (Fsp3) is 0.333. The first kappa shape index (κ1) is 20.5. The molecule has 5 rings (SSSR count). The molecule has 0 bridgehead atoms. The van der Waals surface area contributed by atoms with Crippen molar-refractivity contribution >= 4 is 33.3 Å². The van der Waals surface area contributed by atoms with Gasteiger partial charge in [0.1, 0.15) is 17.2 Å². The zero-order chi connectivity index (χ0) is 22.6. The lowest BCUT2D eigenvalue weighted by atomic mass is 10.1. The van der Waals surface area contributed by atoms with Gasteiger partial charge in [-0.1, -0.05) is 6.07 Å². The molecule has 2 aromatic carbocycles. The SMILES string of the molecule is CC(C)N1CCN(c2ccc3nc(-c4c(N)c5c(F)cccc5[nH]c4=O)[nH]c3c2)[C@H](C)C1. The molecule has 3 heterocycles. The number of benzene rings is 2. The Bertz CT molecular complexity index is 1370. The second kappa shape index (κ2) is 7.63. The van der Waals surface area contributed by atoms with E-state index in [2.05, 4.69) is 57.7 Å². The quantitative estimate of drug-likeness (QED) is 0.457. The molecule has 8 heteroatoms. The van der Waals surface area contributed by atoms with Crippen LogP contribution in [0.25, 0.3) is 33.3 Å². The zero-order valence-corrected chi connectivity index (χ0v) is 18.4. The Labute approximate surface area is 185 Å². The molecule has 0 amide bonds. The number of nitrogens with two attached hydrogens (primary N) is 1. The van der Waals surface area contributed by atoms with Gasteiger partial charge in [-0.3, -0.25) is 9.69 Å². The van der Waals surface area contributed by atoms with Crippen molar-refractivity contribution < 1.29 is 4.39 Å². The Morgan fingerprint density at radius 2 is 1.97 bits per heavy atom. The number of rotatable bonds is 3. The first-order valence-electron chi connectivity index (χ1n) is 10.9. The smallest absolute Gasteiger partial charge is 0.261 e. The first-order chi connectivity index (χ1) is 15.3. The number of nitrogens with zero attached hydrogens (tertiary/aromatic N) is 3. The molecule has 0 saturated carbocycles. The van der Waals surface area contributed by atoms with Gasteiger partial charge in [-0.05, 0) is 51.1 Å². The molecule has 4 N–H and O–H groups in total. The van der Waals surface area contributed by atoms with Crippen LogP contribution in [0.15, 0.2) is 41.2 Å². The maximum Gasteiger partial charge on any atom is 0.261 e. The molecule has 0 spiro atoms. The highest BCUT2D eigenvalue weighted by Crippen LogP contribution is 2.31. The Morgan fingerprint density at radius 3 is 2.72 bits per heavy atom. The van der Waals surface area contributed by atoms with Crippen LogP contribution < -0.4 is 16.2 Å². The minimum absolute atomic E-state index is 0.0829. The van der Waals surface area contributed by atoms with E-state index in [0.29, 0.717) is 23.4 Å². The lowest BCUT2D eigenvalue weighted by Gasteiger charge is -2.43. The highest BCUT2D eigenvalue weighted by molar-refractivity contribution is 5.98. The number of fused-ring (bicyclic) bond motifs is 2. The Balaban J connectivity index is 1.55. The lowest BCUT2D eigenvalue weighted by molar-refractivity contribution is 0.185. The summed E-state index contributed by atoms with van der Waals surface area (Å²) >= 11 is 0. The molecular weight excluding hydrogens is 407 g/mol. The van der Waals surface area contributed by atoms with E-state index in [1.54, 1.807) is 6.07 Å². The van der Waals surface area contributed by atoms with Crippen LogP contribution in [-0.2, 0) is 0 Å². The predicted octanol–water partition coefficient (Wildman–Crippen LogP) is 3.71. The molecule has 7 nitrogen and oxygen atoms in total. The number of imidazole rings is 1. The first-order valence-corrected chi connectivity index (χ1v) is 10.9. The Morgan fingerprint density at radius 1 is 1.16 bits per heavy atom. The molecule has 0 unspecified atom stereocenters. The fourth-order valence-corrected chi connectivity index (χ4v) is 4.70. The molecule has 0 aliphatic carbocycles. The predicted molar refractivity (Wildman–Crippen MR) is 128 cm³/mol. The number of piperazine rings is 1. The summed E-state index contributed by atoms with van der Waals surface area (Å²) < 4.78 is 14.4. The van der Waals surface area contributed by atoms with Crippen molar-refractivity contribution in [2.24, 2.45) is 0 Å². The summed E-state index contributed by atoms with van der Waals surface area (Å²) in [7, 11) is 0. The second-order valence-electron chi connectivity index (χ2n) is 8.82. The topological polar surface area (TPSA) is 94.0 Å². The van der Waals surface area contributed by atoms with Crippen molar-refractivity contribution in [3.8, 4) is 11.4 Å². The largest absolute Gasteiger partial charge is 0.397 e. The van der Waals surface area contributed by atoms with Crippen LogP contribution in [0.3, 0.4) is 0 Å². The normalized spacial score (nSPS) is 17.7. The Kier molecular flexibility index (Phi) is 4.89. The molecular formula is C24H27FN6O. The molecule has 1 saturated heterocycles. The fourth-order valence-electron chi connectivity index (χ4n) is 4.70. The third-order valence-corrected chi connectivity index (χ3v) is 6.45. The molecule has 4 aromatic rings. The van der Waals surface area contributed by atoms with Crippen LogP contribution in [0.2, 0.25) is 0 Å². The Hall–Kier alpha value is -3.39. The maximum atomic E-state index is 14.4. The van der Waals surface area contributed by atoms with Crippen LogP contribution in [0, 0.1) is 5.82 Å². The van der Waals surface area contributed by atoms with Crippen molar-refractivity contribution in [3.63, 3.8) is 0 Å². The number of hydrogen-bond acceptors (Lipinski definition) is 5. The van der Waals surface area contributed by atoms with Crippen LogP contribution in [-0.4, -0.2) is 51.6 Å². The van der Waals surface area contributed by atoms with E-state index in [4.69, 9.17) is 5.73 Å². The van der Waals surface area contributed by atoms with Gasteiger partial charge >= 0.3 is 0 Å². The van der Waals surface area contributed by atoms with Gasteiger partial charge in [0, 0.05) is 37.4 Å². The van der Waals surface area contributed by atoms with Crippen molar-refractivity contribution in [1.82, 2.24) is 19.9 Å². The third kappa shape index (κ3) is 3.31. The second-order valence-corrected chi connectivity index (χ2v) is 8.82. The zero-order valence-electron chi connectivity index (χ0n) is 18.4. The minimum atomic E-state index is -0.481. The maximum absolute atomic E-state index is 14.4. The molecule has 32 heavy (non-hydrogen) atoms. The van der Waals surface area contributed by atoms with Crippen LogP contribution in [0.1, 0.15) is 20.8 Å². The molecule has 166 valence electrons. The summed E-state index contributed by atoms with van der Waals surface area (Å²) in [5.74, 6) is -0.149. The van der Waals surface area contributed by atoms with Gasteiger partial charge in [0.05, 0.1) is 27.6 Å². The minimum Gasteiger partial charge on any atom is -0.397 e. The molecule has 1 atom stereocenters. The van der Waals surface area contributed by atoms with Crippen molar-refractivity contribution in [2.75, 3.05) is 30.3 Å². The summed E-state index contributed by atoms with van der Waals surface area (Å²) in [6, 6.07) is 11.5. The number of hydrogen-bond donors (Lipinski definition) is 3. The molecule has 2 aromatic heterocycles. The van der Waals surface area contributed by atoms with Gasteiger partial charge in [0.15, 0.2) is 0 Å². The number of H-pyrrole nitrogens is 2. The van der Waals surface area contributed by atoms with Crippen LogP contribution in [0.4, 0.5) is 15.8 Å². The number of nitrogen functional groups attached to an aromatic ring is 1. The number of pyridine rings is 1. The average molecular weight is 435 g/mol. The van der Waals surface area contributed by atoms with Crippen LogP contribution >= 0.6 is 0 Å². The van der Waals surface area contributed by atoms with Gasteiger partial charge < -0.3 is 20.6 Å². The molecule has 1 fully saturated rings. The summed E-state index contributed by atoms with van der Waals surface area (Å²) in [5, 5.41) is 0.195. The van der Waals surface area contributed by atoms with E-state index in [0.717, 1.165) is 36.4 Å². The van der Waals surface area contributed by atoms with E-state index in [9.17, 15) is 9.18 Å². The van der Waals surface area contributed by atoms with Gasteiger partial charge in [0.25, 0.3) is 5.56 Å². The van der Waals surface area contributed by atoms with E-state index >= 15 is 0 Å². The highest BCUT2D eigenvalue weighted by Gasteiger charge is 2.26. The summed E-state index contributed by atoms with van der Waals surface area (Å²) in [4.78, 5) is 28.2. The van der Waals surface area contributed by atoms with Gasteiger partial charge in [0.2, 0.25) is 0 Å². The summed E-state index contributed by atoms with van der Waals surface area (Å²) in [5.41, 5.74) is 9.08. The van der Waals surface area contributed by atoms with Crippen molar-refractivity contribution in [1.29, 1.82) is 0 Å². The molecule has 1 aliphatic heterocycles. The van der Waals surface area contributed by atoms with Gasteiger partial charge in [-0.25, -0.2) is 9.37 Å². The summed E-state index contributed by atoms with van der Waals surface area (Å²) in [6.45, 7) is 9.67. The van der Waals surface area contributed by atoms with E-state index in [-0.39, 0.29) is 16.6 Å². The summed E-state index contributed by atoms with van der Waals surface area (Å²) in [6.07, 6.45) is 0. The third-order valence-electron chi connectivity index (χ3n) is 6.45. The number of anilines is 2. The number of nitrogens with one attached hydrogen (secondary N) is 2. The highest BCUT2D eigenvalue weighted by atomic mass is 19.1. The van der Waals surface area contributed by atoms with Crippen LogP contribution in [0.5, 0.6) is 0 Å². The average Bonchev–Trinajstić information content (AvgIpc) is 3.16. The van der Waals surface area contributed by atoms with Gasteiger partial charge in [-0.2, -0.15) is 0 Å². The van der Waals surface area contributed by atoms with E-state index < -0.39 is 11.4 Å². The van der Waals surface area contributed by atoms with Crippen molar-refractivity contribution in [2.45, 2.75) is 32.9 Å². The standard InChI is InChI=1S/C24H27FN6O/c1-13(2)30-9-10-31(14(3)12-30)15-7-8-17-19(11-15)28-23(27-17)21-22(26)20-16(25)5-4-6-18(20)29-24(21)32/h4-8,11,13-14H,9-10,12H2,1-3H3,(H,27,28)(H3,26,29,32)/t14-/m1/s1. The van der Waals surface area contributed by atoms with Gasteiger partial charge in [-0.15, -0.1) is 0 Å². The molecule has 0 radical (unpaired) electrons. The number of aromatic amines is 2. The van der Waals surface area contributed by atoms with E-state index in [1.165, 1.54) is 12.1 Å². The number of halogens is 1. The monoisotopic (exact) mass is 434 g/mol. The molecule has 1 aliphatic rings. The number of aromatic nitrogens is 3. The van der Waals surface area contributed by atoms with Crippen molar-refractivity contribution in [3.05, 3.63) is 52.6 Å².